The summed E-state index contributed by atoms with van der Waals surface area (Å²) in [6, 6.07) is 0. The van der Waals surface area contributed by atoms with Gasteiger partial charge in [-0.3, -0.25) is 0 Å². The first-order valence-corrected chi connectivity index (χ1v) is 3.99. The van der Waals surface area contributed by atoms with Crippen molar-refractivity contribution < 1.29 is 15.0 Å². The van der Waals surface area contributed by atoms with Gasteiger partial charge < -0.3 is 15.0 Å². The lowest BCUT2D eigenvalue weighted by Crippen LogP contribution is -1.88. The minimum absolute atomic E-state index is 0.125. The van der Waals surface area contributed by atoms with Crippen LogP contribution in [0, 0.1) is 0 Å². The molecule has 0 aromatic heterocycles. The number of rotatable bonds is 4. The molecule has 0 radical (unpaired) electrons. The van der Waals surface area contributed by atoms with Crippen LogP contribution in [0.25, 0.3) is 0 Å². The SMILES string of the molecule is CC(=O)CCCCl.OCCO. The number of halogens is 1. The van der Waals surface area contributed by atoms with Crippen LogP contribution in [0.4, 0.5) is 0 Å². The zero-order valence-electron chi connectivity index (χ0n) is 6.72. The van der Waals surface area contributed by atoms with E-state index in [0.717, 1.165) is 6.42 Å². The Morgan fingerprint density at radius 3 is 1.91 bits per heavy atom. The van der Waals surface area contributed by atoms with Crippen LogP contribution in [0.5, 0.6) is 0 Å². The molecule has 0 unspecified atom stereocenters. The summed E-state index contributed by atoms with van der Waals surface area (Å²) in [5, 5.41) is 15.2. The van der Waals surface area contributed by atoms with E-state index in [0.29, 0.717) is 12.3 Å². The molecule has 2 N–H and O–H groups in total. The second-order valence-corrected chi connectivity index (χ2v) is 2.32. The normalized spacial score (nSPS) is 8.36. The molecule has 0 saturated heterocycles. The highest BCUT2D eigenvalue weighted by atomic mass is 35.5. The third-order valence-corrected chi connectivity index (χ3v) is 1.03. The fourth-order valence-electron chi connectivity index (χ4n) is 0.316. The van der Waals surface area contributed by atoms with Crippen LogP contribution in [0.3, 0.4) is 0 Å². The summed E-state index contributed by atoms with van der Waals surface area (Å²) in [5.74, 6) is 0.820. The van der Waals surface area contributed by atoms with Crippen molar-refractivity contribution >= 4 is 17.4 Å². The molecule has 0 amide bonds. The number of carbonyl (C=O) groups is 1. The van der Waals surface area contributed by atoms with Crippen LogP contribution < -0.4 is 0 Å². The van der Waals surface area contributed by atoms with E-state index in [4.69, 9.17) is 21.8 Å². The van der Waals surface area contributed by atoms with Gasteiger partial charge in [-0.15, -0.1) is 11.6 Å². The van der Waals surface area contributed by atoms with Gasteiger partial charge in [0, 0.05) is 12.3 Å². The van der Waals surface area contributed by atoms with Crippen LogP contribution in [0.15, 0.2) is 0 Å². The van der Waals surface area contributed by atoms with E-state index in [9.17, 15) is 4.79 Å². The van der Waals surface area contributed by atoms with E-state index < -0.39 is 0 Å². The van der Waals surface area contributed by atoms with Gasteiger partial charge >= 0.3 is 0 Å². The topological polar surface area (TPSA) is 57.5 Å². The van der Waals surface area contributed by atoms with E-state index in [1.165, 1.54) is 0 Å². The van der Waals surface area contributed by atoms with Crippen molar-refractivity contribution in [3.8, 4) is 0 Å². The highest BCUT2D eigenvalue weighted by molar-refractivity contribution is 6.17. The van der Waals surface area contributed by atoms with Gasteiger partial charge in [0.25, 0.3) is 0 Å². The lowest BCUT2D eigenvalue weighted by Gasteiger charge is -1.85. The number of carbonyl (C=O) groups excluding carboxylic acids is 1. The number of aliphatic hydroxyl groups excluding tert-OH is 2. The maximum Gasteiger partial charge on any atom is 0.129 e. The average molecular weight is 183 g/mol. The Bertz CT molecular complexity index is 83.8. The third kappa shape index (κ3) is 25.8. The molecule has 0 aromatic carbocycles. The van der Waals surface area contributed by atoms with Crippen LogP contribution in [0.2, 0.25) is 0 Å². The summed E-state index contributed by atoms with van der Waals surface area (Å²) in [5.41, 5.74) is 0. The number of aliphatic hydroxyl groups is 2. The van der Waals surface area contributed by atoms with E-state index in [1.807, 2.05) is 0 Å². The van der Waals surface area contributed by atoms with Crippen LogP contribution in [-0.2, 0) is 4.79 Å². The van der Waals surface area contributed by atoms with Crippen molar-refractivity contribution in [3.63, 3.8) is 0 Å². The molecule has 3 nitrogen and oxygen atoms in total. The molecule has 0 aromatic rings. The number of hydrogen-bond acceptors (Lipinski definition) is 3. The second kappa shape index (κ2) is 12.5. The zero-order chi connectivity index (χ0) is 9.11. The Hall–Kier alpha value is -0.120. The van der Waals surface area contributed by atoms with Crippen LogP contribution in [0.1, 0.15) is 19.8 Å². The molecule has 0 aliphatic carbocycles. The Balaban J connectivity index is 0. The molecule has 0 aliphatic rings. The molecule has 0 spiro atoms. The molecule has 4 heteroatoms. The number of hydrogen-bond donors (Lipinski definition) is 2. The Labute approximate surface area is 72.0 Å². The maximum absolute atomic E-state index is 10.1. The summed E-state index contributed by atoms with van der Waals surface area (Å²) in [6.07, 6.45) is 1.44. The number of ketones is 1. The van der Waals surface area contributed by atoms with Gasteiger partial charge in [0.1, 0.15) is 5.78 Å². The van der Waals surface area contributed by atoms with E-state index >= 15 is 0 Å². The summed E-state index contributed by atoms with van der Waals surface area (Å²) in [6.45, 7) is 1.33. The molecule has 11 heavy (non-hydrogen) atoms. The van der Waals surface area contributed by atoms with Gasteiger partial charge in [0.15, 0.2) is 0 Å². The van der Waals surface area contributed by atoms with Crippen molar-refractivity contribution in [2.75, 3.05) is 19.1 Å². The van der Waals surface area contributed by atoms with Gasteiger partial charge in [-0.05, 0) is 13.3 Å². The standard InChI is InChI=1S/C5H9ClO.C2H6O2/c1-5(7)3-2-4-6;3-1-2-4/h2-4H2,1H3;3-4H,1-2H2. The van der Waals surface area contributed by atoms with E-state index in [2.05, 4.69) is 0 Å². The van der Waals surface area contributed by atoms with Crippen molar-refractivity contribution in [3.05, 3.63) is 0 Å². The summed E-state index contributed by atoms with van der Waals surface area (Å²) in [7, 11) is 0. The Morgan fingerprint density at radius 1 is 1.36 bits per heavy atom. The predicted octanol–water partition coefficient (Wildman–Crippen LogP) is 0.565. The van der Waals surface area contributed by atoms with Crippen molar-refractivity contribution in [1.29, 1.82) is 0 Å². The molecule has 68 valence electrons. The maximum atomic E-state index is 10.1. The van der Waals surface area contributed by atoms with E-state index in [1.54, 1.807) is 6.92 Å². The Kier molecular flexibility index (Phi) is 15.4. The van der Waals surface area contributed by atoms with Gasteiger partial charge in [-0.1, -0.05) is 0 Å². The summed E-state index contributed by atoms with van der Waals surface area (Å²) < 4.78 is 0. The first-order chi connectivity index (χ1) is 5.18. The summed E-state index contributed by atoms with van der Waals surface area (Å²) in [4.78, 5) is 10.1. The molecule has 0 aliphatic heterocycles. The van der Waals surface area contributed by atoms with E-state index in [-0.39, 0.29) is 19.0 Å². The minimum Gasteiger partial charge on any atom is -0.394 e. The highest BCUT2D eigenvalue weighted by Crippen LogP contribution is 1.90. The first kappa shape index (κ1) is 13.5. The number of Topliss-reactive ketones (excluding diaryl/α,β-unsaturated/α-hetero) is 1. The molecule has 0 fully saturated rings. The molecule has 0 saturated carbocycles. The van der Waals surface area contributed by atoms with Crippen LogP contribution in [-0.4, -0.2) is 35.1 Å². The van der Waals surface area contributed by atoms with Crippen molar-refractivity contribution in [2.45, 2.75) is 19.8 Å². The first-order valence-electron chi connectivity index (χ1n) is 3.46. The lowest BCUT2D eigenvalue weighted by molar-refractivity contribution is -0.117. The second-order valence-electron chi connectivity index (χ2n) is 1.94. The molecular formula is C7H15ClO3. The van der Waals surface area contributed by atoms with Gasteiger partial charge in [-0.25, -0.2) is 0 Å². The lowest BCUT2D eigenvalue weighted by atomic mass is 10.3. The quantitative estimate of drug-likeness (QED) is 0.625. The molecule has 0 heterocycles. The van der Waals surface area contributed by atoms with Gasteiger partial charge in [0.05, 0.1) is 13.2 Å². The third-order valence-electron chi connectivity index (χ3n) is 0.762. The Morgan fingerprint density at radius 2 is 1.82 bits per heavy atom. The van der Waals surface area contributed by atoms with Gasteiger partial charge in [-0.2, -0.15) is 0 Å². The molecule has 0 bridgehead atoms. The van der Waals surface area contributed by atoms with Crippen molar-refractivity contribution in [2.24, 2.45) is 0 Å². The smallest absolute Gasteiger partial charge is 0.129 e. The minimum atomic E-state index is -0.125. The highest BCUT2D eigenvalue weighted by Gasteiger charge is 1.88. The fourth-order valence-corrected chi connectivity index (χ4v) is 0.449. The number of alkyl halides is 1. The zero-order valence-corrected chi connectivity index (χ0v) is 7.47. The van der Waals surface area contributed by atoms with Crippen LogP contribution >= 0.6 is 11.6 Å². The largest absolute Gasteiger partial charge is 0.394 e. The molecule has 0 atom stereocenters. The van der Waals surface area contributed by atoms with Gasteiger partial charge in [0.2, 0.25) is 0 Å². The van der Waals surface area contributed by atoms with Crippen molar-refractivity contribution in [1.82, 2.24) is 0 Å². The fraction of sp³-hybridized carbons (Fsp3) is 0.857. The molecular weight excluding hydrogens is 168 g/mol. The average Bonchev–Trinajstić information content (AvgIpc) is 2.01. The summed E-state index contributed by atoms with van der Waals surface area (Å²) >= 11 is 5.29. The molecule has 0 rings (SSSR count). The predicted molar refractivity (Wildman–Crippen MR) is 44.8 cm³/mol. The monoisotopic (exact) mass is 182 g/mol.